The monoisotopic (exact) mass is 294 g/mol. The molecule has 1 heterocycles. The third-order valence-corrected chi connectivity index (χ3v) is 3.94. The van der Waals surface area contributed by atoms with Gasteiger partial charge >= 0.3 is 0 Å². The topological polar surface area (TPSA) is 58.7 Å². The summed E-state index contributed by atoms with van der Waals surface area (Å²) in [5.74, 6) is 1.38. The highest BCUT2D eigenvalue weighted by Crippen LogP contribution is 2.20. The van der Waals surface area contributed by atoms with E-state index < -0.39 is 0 Å². The summed E-state index contributed by atoms with van der Waals surface area (Å²) in [7, 11) is 0. The highest BCUT2D eigenvalue weighted by molar-refractivity contribution is 7.80. The standard InChI is InChI=1S/C15H22N2O2S/c16-15(20)13-3-1-2-4-14(13)19-10-8-17-7-5-12(11-17)6-9-18/h1-4,12,18H,5-11H2,(H2,16,20). The molecule has 1 atom stereocenters. The van der Waals surface area contributed by atoms with Gasteiger partial charge in [-0.05, 0) is 37.4 Å². The van der Waals surface area contributed by atoms with Crippen LogP contribution in [0.3, 0.4) is 0 Å². The van der Waals surface area contributed by atoms with Gasteiger partial charge in [-0.1, -0.05) is 24.4 Å². The molecule has 1 fully saturated rings. The molecule has 0 bridgehead atoms. The van der Waals surface area contributed by atoms with Crippen molar-refractivity contribution < 1.29 is 9.84 Å². The lowest BCUT2D eigenvalue weighted by Crippen LogP contribution is -2.26. The number of hydrogen-bond donors (Lipinski definition) is 2. The minimum absolute atomic E-state index is 0.288. The molecule has 4 nitrogen and oxygen atoms in total. The van der Waals surface area contributed by atoms with Crippen molar-refractivity contribution in [2.45, 2.75) is 12.8 Å². The molecule has 5 heteroatoms. The zero-order chi connectivity index (χ0) is 14.4. The molecule has 2 rings (SSSR count). The fraction of sp³-hybridized carbons (Fsp3) is 0.533. The summed E-state index contributed by atoms with van der Waals surface area (Å²) in [5, 5.41) is 8.95. The Kier molecular flexibility index (Phi) is 5.76. The highest BCUT2D eigenvalue weighted by atomic mass is 32.1. The number of aliphatic hydroxyl groups excluding tert-OH is 1. The third kappa shape index (κ3) is 4.16. The Balaban J connectivity index is 1.78. The fourth-order valence-corrected chi connectivity index (χ4v) is 2.78. The minimum atomic E-state index is 0.288. The number of nitrogens with zero attached hydrogens (tertiary/aromatic N) is 1. The van der Waals surface area contributed by atoms with Crippen LogP contribution in [-0.2, 0) is 0 Å². The van der Waals surface area contributed by atoms with E-state index in [1.807, 2.05) is 24.3 Å². The second-order valence-electron chi connectivity index (χ2n) is 5.18. The van der Waals surface area contributed by atoms with Crippen molar-refractivity contribution in [1.82, 2.24) is 4.90 Å². The molecular weight excluding hydrogens is 272 g/mol. The summed E-state index contributed by atoms with van der Waals surface area (Å²) in [5.41, 5.74) is 6.47. The molecule has 0 spiro atoms. The average molecular weight is 294 g/mol. The first-order valence-electron chi connectivity index (χ1n) is 7.05. The lowest BCUT2D eigenvalue weighted by Gasteiger charge is -2.17. The van der Waals surface area contributed by atoms with E-state index in [-0.39, 0.29) is 6.61 Å². The second kappa shape index (κ2) is 7.57. The Morgan fingerprint density at radius 1 is 1.45 bits per heavy atom. The fourth-order valence-electron chi connectivity index (χ4n) is 2.61. The second-order valence-corrected chi connectivity index (χ2v) is 5.62. The van der Waals surface area contributed by atoms with Crippen molar-refractivity contribution in [3.8, 4) is 5.75 Å². The van der Waals surface area contributed by atoms with Crippen molar-refractivity contribution in [2.75, 3.05) is 32.8 Å². The van der Waals surface area contributed by atoms with E-state index in [9.17, 15) is 0 Å². The number of aliphatic hydroxyl groups is 1. The van der Waals surface area contributed by atoms with Gasteiger partial charge in [0, 0.05) is 19.7 Å². The highest BCUT2D eigenvalue weighted by Gasteiger charge is 2.21. The minimum Gasteiger partial charge on any atom is -0.492 e. The van der Waals surface area contributed by atoms with E-state index in [4.69, 9.17) is 27.8 Å². The number of rotatable bonds is 7. The van der Waals surface area contributed by atoms with Crippen LogP contribution in [0.4, 0.5) is 0 Å². The summed E-state index contributed by atoms with van der Waals surface area (Å²) in [6.07, 6.45) is 2.08. The summed E-state index contributed by atoms with van der Waals surface area (Å²) in [6.45, 7) is 3.96. The van der Waals surface area contributed by atoms with E-state index in [0.717, 1.165) is 37.4 Å². The van der Waals surface area contributed by atoms with Gasteiger partial charge in [0.15, 0.2) is 0 Å². The van der Waals surface area contributed by atoms with Gasteiger partial charge in [-0.3, -0.25) is 4.90 Å². The average Bonchev–Trinajstić information content (AvgIpc) is 2.87. The van der Waals surface area contributed by atoms with Gasteiger partial charge in [0.2, 0.25) is 0 Å². The molecular formula is C15H22N2O2S. The zero-order valence-corrected chi connectivity index (χ0v) is 12.4. The molecule has 1 saturated heterocycles. The normalized spacial score (nSPS) is 19.1. The SMILES string of the molecule is NC(=S)c1ccccc1OCCN1CCC(CCO)C1. The molecule has 1 aliphatic heterocycles. The number of benzene rings is 1. The molecule has 0 amide bonds. The van der Waals surface area contributed by atoms with E-state index in [1.165, 1.54) is 6.42 Å². The first-order chi connectivity index (χ1) is 9.70. The van der Waals surface area contributed by atoms with Crippen molar-refractivity contribution in [3.63, 3.8) is 0 Å². The van der Waals surface area contributed by atoms with Gasteiger partial charge in [-0.25, -0.2) is 0 Å². The number of nitrogens with two attached hydrogens (primary N) is 1. The molecule has 20 heavy (non-hydrogen) atoms. The predicted octanol–water partition coefficient (Wildman–Crippen LogP) is 1.40. The van der Waals surface area contributed by atoms with Gasteiger partial charge in [-0.2, -0.15) is 0 Å². The lowest BCUT2D eigenvalue weighted by molar-refractivity contribution is 0.222. The molecule has 1 aliphatic rings. The zero-order valence-electron chi connectivity index (χ0n) is 11.6. The van der Waals surface area contributed by atoms with E-state index in [0.29, 0.717) is 17.5 Å². The van der Waals surface area contributed by atoms with Gasteiger partial charge in [0.1, 0.15) is 17.3 Å². The number of likely N-dealkylation sites (tertiary alicyclic amines) is 1. The van der Waals surface area contributed by atoms with Crippen LogP contribution in [0, 0.1) is 5.92 Å². The van der Waals surface area contributed by atoms with Crippen LogP contribution in [0.5, 0.6) is 5.75 Å². The molecule has 0 saturated carbocycles. The van der Waals surface area contributed by atoms with Crippen LogP contribution in [0.2, 0.25) is 0 Å². The molecule has 0 aromatic heterocycles. The van der Waals surface area contributed by atoms with Gasteiger partial charge in [-0.15, -0.1) is 0 Å². The smallest absolute Gasteiger partial charge is 0.129 e. The van der Waals surface area contributed by atoms with Crippen LogP contribution in [0.15, 0.2) is 24.3 Å². The maximum Gasteiger partial charge on any atom is 0.129 e. The quantitative estimate of drug-likeness (QED) is 0.745. The summed E-state index contributed by atoms with van der Waals surface area (Å²) in [6, 6.07) is 7.60. The Morgan fingerprint density at radius 2 is 2.25 bits per heavy atom. The van der Waals surface area contributed by atoms with Crippen LogP contribution >= 0.6 is 12.2 Å². The molecule has 0 radical (unpaired) electrons. The summed E-state index contributed by atoms with van der Waals surface area (Å²) >= 11 is 5.02. The first kappa shape index (κ1) is 15.2. The molecule has 1 aromatic rings. The summed E-state index contributed by atoms with van der Waals surface area (Å²) in [4.78, 5) is 2.74. The van der Waals surface area contributed by atoms with Gasteiger partial charge < -0.3 is 15.6 Å². The van der Waals surface area contributed by atoms with Gasteiger partial charge in [0.25, 0.3) is 0 Å². The number of thiocarbonyl (C=S) groups is 1. The van der Waals surface area contributed by atoms with E-state index in [2.05, 4.69) is 4.90 Å². The Morgan fingerprint density at radius 3 is 3.00 bits per heavy atom. The largest absolute Gasteiger partial charge is 0.492 e. The van der Waals surface area contributed by atoms with Crippen molar-refractivity contribution in [2.24, 2.45) is 11.7 Å². The summed E-state index contributed by atoms with van der Waals surface area (Å²) < 4.78 is 5.80. The van der Waals surface area contributed by atoms with Crippen LogP contribution in [0.1, 0.15) is 18.4 Å². The Hall–Kier alpha value is -1.17. The van der Waals surface area contributed by atoms with Gasteiger partial charge in [0.05, 0.1) is 5.56 Å². The molecule has 0 aliphatic carbocycles. The number of ether oxygens (including phenoxy) is 1. The van der Waals surface area contributed by atoms with Crippen molar-refractivity contribution in [3.05, 3.63) is 29.8 Å². The van der Waals surface area contributed by atoms with Crippen LogP contribution < -0.4 is 10.5 Å². The molecule has 110 valence electrons. The van der Waals surface area contributed by atoms with Crippen LogP contribution in [-0.4, -0.2) is 47.8 Å². The maximum absolute atomic E-state index is 8.95. The molecule has 3 N–H and O–H groups in total. The number of para-hydroxylation sites is 1. The lowest BCUT2D eigenvalue weighted by atomic mass is 10.1. The molecule has 1 unspecified atom stereocenters. The number of hydrogen-bond acceptors (Lipinski definition) is 4. The Bertz CT molecular complexity index is 453. The van der Waals surface area contributed by atoms with E-state index >= 15 is 0 Å². The molecule has 1 aromatic carbocycles. The van der Waals surface area contributed by atoms with Crippen molar-refractivity contribution >= 4 is 17.2 Å². The van der Waals surface area contributed by atoms with E-state index in [1.54, 1.807) is 0 Å². The maximum atomic E-state index is 8.95. The van der Waals surface area contributed by atoms with Crippen LogP contribution in [0.25, 0.3) is 0 Å². The third-order valence-electron chi connectivity index (χ3n) is 3.72. The Labute approximate surface area is 125 Å². The van der Waals surface area contributed by atoms with Crippen molar-refractivity contribution in [1.29, 1.82) is 0 Å². The predicted molar refractivity (Wildman–Crippen MR) is 84.1 cm³/mol. The first-order valence-corrected chi connectivity index (χ1v) is 7.46.